The summed E-state index contributed by atoms with van der Waals surface area (Å²) in [6.07, 6.45) is -5.58. The fourth-order valence-corrected chi connectivity index (χ4v) is 1.60. The van der Waals surface area contributed by atoms with Crippen molar-refractivity contribution in [2.75, 3.05) is 0 Å². The van der Waals surface area contributed by atoms with Crippen molar-refractivity contribution in [1.29, 1.82) is 0 Å². The number of rotatable bonds is 2. The first-order valence-corrected chi connectivity index (χ1v) is 5.82. The maximum absolute atomic E-state index is 13.0. The van der Waals surface area contributed by atoms with Gasteiger partial charge in [-0.05, 0) is 11.6 Å². The average Bonchev–Trinajstić information content (AvgIpc) is 2.16. The van der Waals surface area contributed by atoms with Gasteiger partial charge in [0.15, 0.2) is 0 Å². The van der Waals surface area contributed by atoms with Gasteiger partial charge in [0.1, 0.15) is 0 Å². The molecule has 0 N–H and O–H groups in total. The molecule has 0 aliphatic carbocycles. The molecule has 0 aromatic heterocycles. The highest BCUT2D eigenvalue weighted by Gasteiger charge is 2.58. The number of benzene rings is 1. The minimum absolute atomic E-state index is 0.293. The average molecular weight is 368 g/mol. The quantitative estimate of drug-likeness (QED) is 0.502. The van der Waals surface area contributed by atoms with Crippen LogP contribution in [0.3, 0.4) is 0 Å². The molecule has 0 nitrogen and oxygen atoms in total. The Hall–Kier alpha value is -0.170. The molecule has 0 spiro atoms. The molecule has 0 radical (unpaired) electrons. The molecular weight excluding hydrogens is 363 g/mol. The molecule has 0 amide bonds. The van der Waals surface area contributed by atoms with Gasteiger partial charge in [0.05, 0.1) is 3.74 Å². The van der Waals surface area contributed by atoms with Crippen LogP contribution in [-0.4, -0.2) is 6.18 Å². The molecule has 90 valence electrons. The van der Waals surface area contributed by atoms with Gasteiger partial charge in [-0.25, -0.2) is 0 Å². The maximum atomic E-state index is 13.0. The van der Waals surface area contributed by atoms with Gasteiger partial charge in [-0.1, -0.05) is 50.1 Å². The summed E-state index contributed by atoms with van der Waals surface area (Å²) in [6, 6.07) is 4.14. The third-order valence-corrected chi connectivity index (χ3v) is 2.91. The van der Waals surface area contributed by atoms with Gasteiger partial charge in [-0.15, -0.1) is 0 Å². The van der Waals surface area contributed by atoms with Crippen LogP contribution in [0, 0.1) is 0 Å². The van der Waals surface area contributed by atoms with E-state index in [9.17, 15) is 22.0 Å². The Balaban J connectivity index is 3.19. The van der Waals surface area contributed by atoms with E-state index in [1.807, 2.05) is 0 Å². The van der Waals surface area contributed by atoms with Gasteiger partial charge in [-0.2, -0.15) is 22.0 Å². The molecule has 0 fully saturated rings. The van der Waals surface area contributed by atoms with Crippen LogP contribution in [0.15, 0.2) is 24.3 Å². The first-order chi connectivity index (χ1) is 7.16. The summed E-state index contributed by atoms with van der Waals surface area (Å²) in [5.74, 6) is -4.84. The lowest BCUT2D eigenvalue weighted by Crippen LogP contribution is -2.33. The summed E-state index contributed by atoms with van der Waals surface area (Å²) in [5, 5.41) is 0. The van der Waals surface area contributed by atoms with E-state index in [1.54, 1.807) is 0 Å². The molecule has 1 aromatic carbocycles. The highest BCUT2D eigenvalue weighted by atomic mass is 79.9. The van der Waals surface area contributed by atoms with E-state index in [2.05, 4.69) is 31.9 Å². The molecule has 0 aliphatic rings. The van der Waals surface area contributed by atoms with Gasteiger partial charge >= 0.3 is 12.1 Å². The van der Waals surface area contributed by atoms with Crippen LogP contribution >= 0.6 is 31.9 Å². The summed E-state index contributed by atoms with van der Waals surface area (Å²) in [6.45, 7) is 0. The van der Waals surface area contributed by atoms with Crippen molar-refractivity contribution < 1.29 is 22.0 Å². The van der Waals surface area contributed by atoms with E-state index in [0.717, 1.165) is 18.2 Å². The zero-order valence-electron chi connectivity index (χ0n) is 7.53. The molecule has 1 rings (SSSR count). The van der Waals surface area contributed by atoms with E-state index in [1.165, 1.54) is 6.07 Å². The second-order valence-corrected chi connectivity index (χ2v) is 6.06. The summed E-state index contributed by atoms with van der Waals surface area (Å²) in [5.41, 5.74) is -0.775. The van der Waals surface area contributed by atoms with Crippen LogP contribution < -0.4 is 0 Å². The highest BCUT2D eigenvalue weighted by molar-refractivity contribution is 9.24. The molecule has 0 heterocycles. The Labute approximate surface area is 105 Å². The summed E-state index contributed by atoms with van der Waals surface area (Å²) in [4.78, 5) is 0. The van der Waals surface area contributed by atoms with Crippen molar-refractivity contribution in [1.82, 2.24) is 0 Å². The second-order valence-electron chi connectivity index (χ2n) is 3.00. The minimum atomic E-state index is -5.58. The lowest BCUT2D eigenvalue weighted by molar-refractivity contribution is -0.289. The Morgan fingerprint density at radius 3 is 2.00 bits per heavy atom. The van der Waals surface area contributed by atoms with E-state index in [-0.39, 0.29) is 0 Å². The monoisotopic (exact) mass is 366 g/mol. The smallest absolute Gasteiger partial charge is 0.191 e. The van der Waals surface area contributed by atoms with Crippen molar-refractivity contribution in [3.8, 4) is 0 Å². The lowest BCUT2D eigenvalue weighted by Gasteiger charge is -2.20. The number of hydrogen-bond acceptors (Lipinski definition) is 0. The van der Waals surface area contributed by atoms with Crippen molar-refractivity contribution in [2.24, 2.45) is 0 Å². The molecule has 16 heavy (non-hydrogen) atoms. The van der Waals surface area contributed by atoms with E-state index in [0.29, 0.717) is 5.56 Å². The zero-order valence-corrected chi connectivity index (χ0v) is 10.7. The number of halogens is 7. The fraction of sp³-hybridized carbons (Fsp3) is 0.333. The van der Waals surface area contributed by atoms with Crippen LogP contribution in [0.25, 0.3) is 0 Å². The first kappa shape index (κ1) is 13.9. The summed E-state index contributed by atoms with van der Waals surface area (Å²) in [7, 11) is 0. The first-order valence-electron chi connectivity index (χ1n) is 3.99. The molecule has 0 atom stereocenters. The number of alkyl halides is 7. The number of hydrogen-bond donors (Lipinski definition) is 0. The van der Waals surface area contributed by atoms with Gasteiger partial charge in [0.2, 0.25) is 0 Å². The van der Waals surface area contributed by atoms with Gasteiger partial charge in [0.25, 0.3) is 0 Å². The Morgan fingerprint density at radius 2 is 1.56 bits per heavy atom. The van der Waals surface area contributed by atoms with Crippen molar-refractivity contribution in [2.45, 2.75) is 15.8 Å². The normalized spacial score (nSPS) is 13.2. The van der Waals surface area contributed by atoms with Crippen molar-refractivity contribution in [3.63, 3.8) is 0 Å². The van der Waals surface area contributed by atoms with Crippen LogP contribution in [0.1, 0.15) is 14.9 Å². The molecular formula is C9H5Br2F5. The van der Waals surface area contributed by atoms with Gasteiger partial charge in [0, 0.05) is 5.56 Å². The third kappa shape index (κ3) is 2.74. The SMILES string of the molecule is FC(F)(F)C(F)(F)c1cccc(C(Br)Br)c1. The molecule has 0 aliphatic heterocycles. The molecule has 0 saturated carbocycles. The summed E-state index contributed by atoms with van der Waals surface area (Å²) < 4.78 is 61.7. The Morgan fingerprint density at radius 1 is 1.00 bits per heavy atom. The third-order valence-electron chi connectivity index (χ3n) is 1.86. The van der Waals surface area contributed by atoms with Crippen LogP contribution in [-0.2, 0) is 5.92 Å². The maximum Gasteiger partial charge on any atom is 0.458 e. The standard InChI is InChI=1S/C9H5Br2F5/c10-7(11)5-2-1-3-6(4-5)8(12,13)9(14,15)16/h1-4,7H. The lowest BCUT2D eigenvalue weighted by atomic mass is 10.1. The molecule has 0 bridgehead atoms. The van der Waals surface area contributed by atoms with Crippen LogP contribution in [0.5, 0.6) is 0 Å². The Bertz CT molecular complexity index is 372. The van der Waals surface area contributed by atoms with Gasteiger partial charge in [-0.3, -0.25) is 0 Å². The largest absolute Gasteiger partial charge is 0.458 e. The molecule has 0 saturated heterocycles. The molecule has 0 unspecified atom stereocenters. The van der Waals surface area contributed by atoms with Crippen molar-refractivity contribution in [3.05, 3.63) is 35.4 Å². The Kier molecular flexibility index (Phi) is 3.99. The predicted molar refractivity (Wildman–Crippen MR) is 57.0 cm³/mol. The predicted octanol–water partition coefficient (Wildman–Crippen LogP) is 5.13. The van der Waals surface area contributed by atoms with E-state index in [4.69, 9.17) is 0 Å². The van der Waals surface area contributed by atoms with Crippen molar-refractivity contribution >= 4 is 31.9 Å². The molecule has 1 aromatic rings. The topological polar surface area (TPSA) is 0 Å². The highest BCUT2D eigenvalue weighted by Crippen LogP contribution is 2.44. The fourth-order valence-electron chi connectivity index (χ4n) is 1.03. The van der Waals surface area contributed by atoms with Crippen LogP contribution in [0.2, 0.25) is 0 Å². The van der Waals surface area contributed by atoms with E-state index < -0.39 is 21.4 Å². The zero-order chi connectivity index (χ0) is 12.6. The summed E-state index contributed by atoms with van der Waals surface area (Å²) >= 11 is 6.05. The second kappa shape index (κ2) is 4.60. The molecule has 7 heteroatoms. The van der Waals surface area contributed by atoms with E-state index >= 15 is 0 Å². The minimum Gasteiger partial charge on any atom is -0.191 e. The van der Waals surface area contributed by atoms with Crippen LogP contribution in [0.4, 0.5) is 22.0 Å². The van der Waals surface area contributed by atoms with Gasteiger partial charge < -0.3 is 0 Å².